The molecule has 1 N–H and O–H groups in total. The molecule has 0 spiro atoms. The van der Waals surface area contributed by atoms with Crippen molar-refractivity contribution in [3.05, 3.63) is 28.2 Å². The molecule has 1 heterocycles. The molecule has 128 valence electrons. The van der Waals surface area contributed by atoms with Crippen molar-refractivity contribution in [1.29, 1.82) is 0 Å². The van der Waals surface area contributed by atoms with E-state index in [1.807, 2.05) is 18.2 Å². The van der Waals surface area contributed by atoms with Gasteiger partial charge in [-0.3, -0.25) is 4.79 Å². The summed E-state index contributed by atoms with van der Waals surface area (Å²) in [6.45, 7) is 4.08. The molecule has 1 aromatic rings. The molecule has 0 bridgehead atoms. The van der Waals surface area contributed by atoms with Crippen LogP contribution in [0.25, 0.3) is 0 Å². The van der Waals surface area contributed by atoms with Gasteiger partial charge in [0.05, 0.1) is 11.6 Å². The quantitative estimate of drug-likeness (QED) is 0.785. The summed E-state index contributed by atoms with van der Waals surface area (Å²) in [6, 6.07) is 5.95. The molecule has 0 radical (unpaired) electrons. The standard InChI is InChI=1S/C18H27BrN2O2/c1-23-17-8-6-15(14-16(17)19)7-9-18(22)20-10-13-21-11-4-2-3-5-12-21/h6,8,14H,2-5,7,9-13H2,1H3,(H,20,22). The van der Waals surface area contributed by atoms with E-state index in [9.17, 15) is 4.79 Å². The number of ether oxygens (including phenoxy) is 1. The Hall–Kier alpha value is -1.07. The fraction of sp³-hybridized carbons (Fsp3) is 0.611. The predicted molar refractivity (Wildman–Crippen MR) is 96.9 cm³/mol. The zero-order valence-corrected chi connectivity index (χ0v) is 15.5. The van der Waals surface area contributed by atoms with E-state index in [1.54, 1.807) is 7.11 Å². The smallest absolute Gasteiger partial charge is 0.220 e. The summed E-state index contributed by atoms with van der Waals surface area (Å²) in [5.74, 6) is 0.947. The molecule has 0 atom stereocenters. The molecule has 1 aromatic carbocycles. The number of hydrogen-bond donors (Lipinski definition) is 1. The summed E-state index contributed by atoms with van der Waals surface area (Å²) >= 11 is 3.48. The fourth-order valence-electron chi connectivity index (χ4n) is 2.92. The van der Waals surface area contributed by atoms with Crippen LogP contribution in [0.5, 0.6) is 5.75 Å². The third-order valence-electron chi connectivity index (χ3n) is 4.31. The van der Waals surface area contributed by atoms with Crippen LogP contribution in [0.3, 0.4) is 0 Å². The zero-order chi connectivity index (χ0) is 16.5. The van der Waals surface area contributed by atoms with E-state index in [2.05, 4.69) is 26.1 Å². The van der Waals surface area contributed by atoms with Crippen molar-refractivity contribution in [2.75, 3.05) is 33.3 Å². The zero-order valence-electron chi connectivity index (χ0n) is 13.9. The van der Waals surface area contributed by atoms with Gasteiger partial charge in [-0.1, -0.05) is 18.9 Å². The molecule has 1 amide bonds. The summed E-state index contributed by atoms with van der Waals surface area (Å²) in [4.78, 5) is 14.4. The van der Waals surface area contributed by atoms with Crippen molar-refractivity contribution in [2.24, 2.45) is 0 Å². The summed E-state index contributed by atoms with van der Waals surface area (Å²) in [5, 5.41) is 3.04. The molecule has 23 heavy (non-hydrogen) atoms. The monoisotopic (exact) mass is 382 g/mol. The topological polar surface area (TPSA) is 41.6 Å². The van der Waals surface area contributed by atoms with Gasteiger partial charge in [0.25, 0.3) is 0 Å². The first-order valence-corrected chi connectivity index (χ1v) is 9.30. The lowest BCUT2D eigenvalue weighted by atomic mass is 10.1. The average Bonchev–Trinajstić information content (AvgIpc) is 2.82. The van der Waals surface area contributed by atoms with Gasteiger partial charge < -0.3 is 15.0 Å². The molecular weight excluding hydrogens is 356 g/mol. The molecule has 5 heteroatoms. The molecule has 0 aliphatic carbocycles. The summed E-state index contributed by atoms with van der Waals surface area (Å²) in [6.07, 6.45) is 6.55. The van der Waals surface area contributed by atoms with Gasteiger partial charge in [0.2, 0.25) is 5.91 Å². The second-order valence-electron chi connectivity index (χ2n) is 6.07. The van der Waals surface area contributed by atoms with Crippen molar-refractivity contribution in [2.45, 2.75) is 38.5 Å². The Balaban J connectivity index is 1.65. The summed E-state index contributed by atoms with van der Waals surface area (Å²) < 4.78 is 6.14. The fourth-order valence-corrected chi connectivity index (χ4v) is 3.51. The van der Waals surface area contributed by atoms with Crippen LogP contribution in [-0.2, 0) is 11.2 Å². The Labute approximate surface area is 147 Å². The van der Waals surface area contributed by atoms with E-state index >= 15 is 0 Å². The van der Waals surface area contributed by atoms with Crippen molar-refractivity contribution >= 4 is 21.8 Å². The normalized spacial score (nSPS) is 15.9. The average molecular weight is 383 g/mol. The minimum Gasteiger partial charge on any atom is -0.496 e. The third-order valence-corrected chi connectivity index (χ3v) is 4.93. The first-order chi connectivity index (χ1) is 11.2. The predicted octanol–water partition coefficient (Wildman–Crippen LogP) is 3.38. The van der Waals surface area contributed by atoms with Crippen LogP contribution in [0, 0.1) is 0 Å². The molecule has 4 nitrogen and oxygen atoms in total. The van der Waals surface area contributed by atoms with Gasteiger partial charge in [0.15, 0.2) is 0 Å². The summed E-state index contributed by atoms with van der Waals surface area (Å²) in [7, 11) is 1.65. The lowest BCUT2D eigenvalue weighted by Gasteiger charge is -2.19. The van der Waals surface area contributed by atoms with E-state index in [1.165, 1.54) is 38.8 Å². The van der Waals surface area contributed by atoms with Crippen molar-refractivity contribution in [3.8, 4) is 5.75 Å². The minimum atomic E-state index is 0.131. The highest BCUT2D eigenvalue weighted by atomic mass is 79.9. The van der Waals surface area contributed by atoms with E-state index in [-0.39, 0.29) is 5.91 Å². The third kappa shape index (κ3) is 6.51. The highest BCUT2D eigenvalue weighted by Crippen LogP contribution is 2.25. The van der Waals surface area contributed by atoms with Gasteiger partial charge in [0.1, 0.15) is 5.75 Å². The van der Waals surface area contributed by atoms with E-state index in [0.29, 0.717) is 6.42 Å². The van der Waals surface area contributed by atoms with E-state index < -0.39 is 0 Å². The maximum atomic E-state index is 12.0. The Morgan fingerprint density at radius 2 is 2.00 bits per heavy atom. The SMILES string of the molecule is COc1ccc(CCC(=O)NCCN2CCCCCC2)cc1Br. The Bertz CT molecular complexity index is 500. The van der Waals surface area contributed by atoms with Crippen LogP contribution in [-0.4, -0.2) is 44.1 Å². The largest absolute Gasteiger partial charge is 0.496 e. The lowest BCUT2D eigenvalue weighted by molar-refractivity contribution is -0.121. The van der Waals surface area contributed by atoms with Gasteiger partial charge in [-0.2, -0.15) is 0 Å². The molecule has 0 unspecified atom stereocenters. The molecule has 1 aliphatic rings. The molecule has 1 saturated heterocycles. The van der Waals surface area contributed by atoms with Crippen molar-refractivity contribution in [3.63, 3.8) is 0 Å². The number of methoxy groups -OCH3 is 1. The van der Waals surface area contributed by atoms with Crippen molar-refractivity contribution in [1.82, 2.24) is 10.2 Å². The number of benzene rings is 1. The number of halogens is 1. The van der Waals surface area contributed by atoms with Crippen LogP contribution in [0.15, 0.2) is 22.7 Å². The van der Waals surface area contributed by atoms with Gasteiger partial charge in [0, 0.05) is 19.5 Å². The summed E-state index contributed by atoms with van der Waals surface area (Å²) in [5.41, 5.74) is 1.14. The lowest BCUT2D eigenvalue weighted by Crippen LogP contribution is -2.35. The van der Waals surface area contributed by atoms with Crippen LogP contribution in [0.2, 0.25) is 0 Å². The van der Waals surface area contributed by atoms with Gasteiger partial charge in [-0.15, -0.1) is 0 Å². The van der Waals surface area contributed by atoms with E-state index in [0.717, 1.165) is 35.3 Å². The minimum absolute atomic E-state index is 0.131. The number of hydrogen-bond acceptors (Lipinski definition) is 3. The number of carbonyl (C=O) groups excluding carboxylic acids is 1. The first kappa shape index (κ1) is 18.3. The number of nitrogens with one attached hydrogen (secondary N) is 1. The molecule has 0 saturated carbocycles. The molecular formula is C18H27BrN2O2. The molecule has 0 aromatic heterocycles. The first-order valence-electron chi connectivity index (χ1n) is 8.50. The highest BCUT2D eigenvalue weighted by molar-refractivity contribution is 9.10. The number of aryl methyl sites for hydroxylation is 1. The number of likely N-dealkylation sites (tertiary alicyclic amines) is 1. The number of carbonyl (C=O) groups is 1. The van der Waals surface area contributed by atoms with E-state index in [4.69, 9.17) is 4.74 Å². The molecule has 2 rings (SSSR count). The second kappa shape index (κ2) is 9.93. The van der Waals surface area contributed by atoms with Crippen LogP contribution in [0.1, 0.15) is 37.7 Å². The maximum absolute atomic E-state index is 12.0. The maximum Gasteiger partial charge on any atom is 0.220 e. The van der Waals surface area contributed by atoms with Gasteiger partial charge >= 0.3 is 0 Å². The highest BCUT2D eigenvalue weighted by Gasteiger charge is 2.09. The van der Waals surface area contributed by atoms with Crippen LogP contribution < -0.4 is 10.1 Å². The Morgan fingerprint density at radius 1 is 1.26 bits per heavy atom. The Kier molecular flexibility index (Phi) is 7.89. The van der Waals surface area contributed by atoms with Crippen LogP contribution in [0.4, 0.5) is 0 Å². The number of amides is 1. The molecule has 1 fully saturated rings. The van der Waals surface area contributed by atoms with Crippen LogP contribution >= 0.6 is 15.9 Å². The number of rotatable bonds is 7. The number of nitrogens with zero attached hydrogens (tertiary/aromatic N) is 1. The molecule has 1 aliphatic heterocycles. The van der Waals surface area contributed by atoms with Gasteiger partial charge in [-0.25, -0.2) is 0 Å². The Morgan fingerprint density at radius 3 is 2.65 bits per heavy atom. The van der Waals surface area contributed by atoms with Gasteiger partial charge in [-0.05, 0) is 66.0 Å². The van der Waals surface area contributed by atoms with Crippen molar-refractivity contribution < 1.29 is 9.53 Å². The second-order valence-corrected chi connectivity index (χ2v) is 6.93.